The van der Waals surface area contributed by atoms with Crippen molar-refractivity contribution in [3.63, 3.8) is 0 Å². The van der Waals surface area contributed by atoms with Crippen molar-refractivity contribution in [3.05, 3.63) is 60.4 Å². The Morgan fingerprint density at radius 2 is 1.84 bits per heavy atom. The van der Waals surface area contributed by atoms with Gasteiger partial charge in [-0.15, -0.1) is 5.10 Å². The van der Waals surface area contributed by atoms with Gasteiger partial charge >= 0.3 is 0 Å². The first-order valence-corrected chi connectivity index (χ1v) is 7.82. The fourth-order valence-corrected chi connectivity index (χ4v) is 2.62. The molecule has 128 valence electrons. The molecule has 0 fully saturated rings. The Morgan fingerprint density at radius 3 is 2.48 bits per heavy atom. The topological polar surface area (TPSA) is 83.9 Å². The highest BCUT2D eigenvalue weighted by Crippen LogP contribution is 2.30. The summed E-state index contributed by atoms with van der Waals surface area (Å²) in [7, 11) is 0. The van der Waals surface area contributed by atoms with Gasteiger partial charge in [-0.2, -0.15) is 5.01 Å². The summed E-state index contributed by atoms with van der Waals surface area (Å²) >= 11 is 0. The molecule has 1 atom stereocenters. The summed E-state index contributed by atoms with van der Waals surface area (Å²) in [6.45, 7) is 3.05. The average Bonchev–Trinajstić information content (AvgIpc) is 2.94. The lowest BCUT2D eigenvalue weighted by Crippen LogP contribution is -2.46. The monoisotopic (exact) mass is 338 g/mol. The number of benzene rings is 1. The van der Waals surface area contributed by atoms with Crippen molar-refractivity contribution < 1.29 is 14.3 Å². The van der Waals surface area contributed by atoms with Crippen LogP contribution >= 0.6 is 0 Å². The maximum atomic E-state index is 12.4. The molecule has 0 saturated heterocycles. The van der Waals surface area contributed by atoms with Crippen molar-refractivity contribution in [2.45, 2.75) is 26.0 Å². The normalized spacial score (nSPS) is 19.1. The number of amides is 2. The van der Waals surface area contributed by atoms with Crippen LogP contribution in [0, 0.1) is 0 Å². The highest BCUT2D eigenvalue weighted by Gasteiger charge is 2.45. The van der Waals surface area contributed by atoms with Gasteiger partial charge in [0.25, 0.3) is 0 Å². The smallest absolute Gasteiger partial charge is 0.243 e. The number of hydrogen-bond donors (Lipinski definition) is 1. The number of para-hydroxylation sites is 1. The third-order valence-electron chi connectivity index (χ3n) is 3.73. The summed E-state index contributed by atoms with van der Waals surface area (Å²) in [5, 5.41) is 8.23. The first-order valence-electron chi connectivity index (χ1n) is 7.82. The molecule has 0 bridgehead atoms. The van der Waals surface area contributed by atoms with Crippen molar-refractivity contribution in [2.24, 2.45) is 5.10 Å². The zero-order chi connectivity index (χ0) is 17.9. The minimum atomic E-state index is -1.19. The maximum Gasteiger partial charge on any atom is 0.243 e. The molecule has 1 aromatic heterocycles. The van der Waals surface area contributed by atoms with E-state index in [2.05, 4.69) is 15.4 Å². The Bertz CT molecular complexity index is 808. The average molecular weight is 338 g/mol. The third kappa shape index (κ3) is 3.65. The van der Waals surface area contributed by atoms with E-state index in [0.29, 0.717) is 11.3 Å². The van der Waals surface area contributed by atoms with E-state index in [1.165, 1.54) is 11.9 Å². The van der Waals surface area contributed by atoms with E-state index in [9.17, 15) is 9.59 Å². The van der Waals surface area contributed by atoms with Crippen LogP contribution in [0.5, 0.6) is 0 Å². The van der Waals surface area contributed by atoms with Crippen LogP contribution in [0.4, 0.5) is 5.69 Å². The van der Waals surface area contributed by atoms with Crippen LogP contribution in [0.25, 0.3) is 0 Å². The highest BCUT2D eigenvalue weighted by molar-refractivity contribution is 5.98. The number of rotatable bonds is 4. The van der Waals surface area contributed by atoms with E-state index in [4.69, 9.17) is 4.74 Å². The number of aromatic nitrogens is 1. The number of carbonyl (C=O) groups is 2. The third-order valence-corrected chi connectivity index (χ3v) is 3.73. The standard InChI is InChI=1S/C18H18N4O3/c1-13(23)22-18(2,12-16(24)20-15-6-4-3-5-7-15)25-17(21-22)14-8-10-19-11-9-14/h3-11H,12H2,1-2H3,(H,20,24)/t18-/m1/s1. The minimum absolute atomic E-state index is 0.0560. The van der Waals surface area contributed by atoms with Crippen molar-refractivity contribution in [2.75, 3.05) is 5.32 Å². The molecule has 0 spiro atoms. The Kier molecular flexibility index (Phi) is 4.47. The van der Waals surface area contributed by atoms with Crippen LogP contribution in [0.15, 0.2) is 60.0 Å². The molecule has 3 rings (SSSR count). The van der Waals surface area contributed by atoms with Gasteiger partial charge < -0.3 is 10.1 Å². The zero-order valence-electron chi connectivity index (χ0n) is 14.0. The Morgan fingerprint density at radius 1 is 1.16 bits per heavy atom. The molecule has 1 N–H and O–H groups in total. The van der Waals surface area contributed by atoms with Crippen LogP contribution < -0.4 is 5.32 Å². The Balaban J connectivity index is 1.77. The van der Waals surface area contributed by atoms with E-state index in [1.807, 2.05) is 18.2 Å². The summed E-state index contributed by atoms with van der Waals surface area (Å²) in [5.41, 5.74) is 0.177. The summed E-state index contributed by atoms with van der Waals surface area (Å²) in [6, 6.07) is 12.6. The summed E-state index contributed by atoms with van der Waals surface area (Å²) in [4.78, 5) is 28.3. The molecule has 0 unspecified atom stereocenters. The molecule has 0 saturated carbocycles. The SMILES string of the molecule is CC(=O)N1N=C(c2ccncc2)O[C@]1(C)CC(=O)Nc1ccccc1. The predicted octanol–water partition coefficient (Wildman–Crippen LogP) is 2.37. The van der Waals surface area contributed by atoms with Crippen molar-refractivity contribution in [1.82, 2.24) is 9.99 Å². The molecule has 2 heterocycles. The fraction of sp³-hybridized carbons (Fsp3) is 0.222. The van der Waals surface area contributed by atoms with Gasteiger partial charge in [0, 0.05) is 30.6 Å². The number of hydrazone groups is 1. The second kappa shape index (κ2) is 6.72. The van der Waals surface area contributed by atoms with Gasteiger partial charge in [0.2, 0.25) is 23.4 Å². The van der Waals surface area contributed by atoms with Crippen LogP contribution in [-0.4, -0.2) is 33.4 Å². The minimum Gasteiger partial charge on any atom is -0.447 e. The number of hydrogen-bond acceptors (Lipinski definition) is 5. The molecule has 7 nitrogen and oxygen atoms in total. The van der Waals surface area contributed by atoms with Crippen molar-refractivity contribution in [1.29, 1.82) is 0 Å². The Hall–Kier alpha value is -3.22. The van der Waals surface area contributed by atoms with Crippen LogP contribution in [0.2, 0.25) is 0 Å². The highest BCUT2D eigenvalue weighted by atomic mass is 16.6. The zero-order valence-corrected chi connectivity index (χ0v) is 14.0. The van der Waals surface area contributed by atoms with Crippen LogP contribution in [0.3, 0.4) is 0 Å². The Labute approximate surface area is 145 Å². The molecular weight excluding hydrogens is 320 g/mol. The molecule has 1 aliphatic rings. The molecule has 0 radical (unpaired) electrons. The largest absolute Gasteiger partial charge is 0.447 e. The number of pyridine rings is 1. The number of nitrogens with one attached hydrogen (secondary N) is 1. The van der Waals surface area contributed by atoms with Gasteiger partial charge in [-0.25, -0.2) is 0 Å². The quantitative estimate of drug-likeness (QED) is 0.927. The fourth-order valence-electron chi connectivity index (χ4n) is 2.62. The van der Waals surface area contributed by atoms with E-state index >= 15 is 0 Å². The van der Waals surface area contributed by atoms with E-state index in [-0.39, 0.29) is 24.1 Å². The van der Waals surface area contributed by atoms with Gasteiger partial charge in [0.15, 0.2) is 0 Å². The maximum absolute atomic E-state index is 12.4. The first kappa shape index (κ1) is 16.6. The van der Waals surface area contributed by atoms with E-state index < -0.39 is 5.72 Å². The van der Waals surface area contributed by atoms with E-state index in [1.54, 1.807) is 43.6 Å². The lowest BCUT2D eigenvalue weighted by molar-refractivity contribution is -0.147. The molecule has 1 aromatic carbocycles. The lowest BCUT2D eigenvalue weighted by atomic mass is 10.1. The lowest BCUT2D eigenvalue weighted by Gasteiger charge is -2.30. The first-order chi connectivity index (χ1) is 12.0. The molecule has 25 heavy (non-hydrogen) atoms. The summed E-state index contributed by atoms with van der Waals surface area (Å²) < 4.78 is 5.88. The van der Waals surface area contributed by atoms with Crippen molar-refractivity contribution >= 4 is 23.4 Å². The van der Waals surface area contributed by atoms with E-state index in [0.717, 1.165) is 0 Å². The summed E-state index contributed by atoms with van der Waals surface area (Å²) in [5.74, 6) is -0.294. The molecule has 2 amide bonds. The van der Waals surface area contributed by atoms with Crippen LogP contribution in [-0.2, 0) is 14.3 Å². The summed E-state index contributed by atoms with van der Waals surface area (Å²) in [6.07, 6.45) is 3.16. The van der Waals surface area contributed by atoms with Gasteiger partial charge in [-0.3, -0.25) is 14.6 Å². The number of nitrogens with zero attached hydrogens (tertiary/aromatic N) is 3. The van der Waals surface area contributed by atoms with Gasteiger partial charge in [-0.05, 0) is 31.2 Å². The second-order valence-corrected chi connectivity index (χ2v) is 5.84. The predicted molar refractivity (Wildman–Crippen MR) is 92.5 cm³/mol. The number of carbonyl (C=O) groups excluding carboxylic acids is 2. The molecule has 1 aliphatic heterocycles. The number of ether oxygens (including phenoxy) is 1. The number of anilines is 1. The van der Waals surface area contributed by atoms with Gasteiger partial charge in [0.1, 0.15) is 0 Å². The molecule has 2 aromatic rings. The van der Waals surface area contributed by atoms with Crippen molar-refractivity contribution in [3.8, 4) is 0 Å². The van der Waals surface area contributed by atoms with Gasteiger partial charge in [-0.1, -0.05) is 18.2 Å². The van der Waals surface area contributed by atoms with Gasteiger partial charge in [0.05, 0.1) is 6.42 Å². The second-order valence-electron chi connectivity index (χ2n) is 5.84. The molecule has 7 heteroatoms. The van der Waals surface area contributed by atoms with Crippen LogP contribution in [0.1, 0.15) is 25.8 Å². The molecule has 0 aliphatic carbocycles. The molecular formula is C18H18N4O3.